The number of thiazole rings is 1. The summed E-state index contributed by atoms with van der Waals surface area (Å²) in [5.74, 6) is -0.0602. The Kier molecular flexibility index (Phi) is 2.56. The molecule has 2 N–H and O–H groups in total. The Labute approximate surface area is 80.4 Å². The molecule has 2 heterocycles. The normalized spacial score (nSPS) is 21.7. The van der Waals surface area contributed by atoms with E-state index in [1.54, 1.807) is 10.9 Å². The molecule has 0 spiro atoms. The van der Waals surface area contributed by atoms with Crippen molar-refractivity contribution in [2.75, 3.05) is 13.1 Å². The van der Waals surface area contributed by atoms with Gasteiger partial charge in [-0.3, -0.25) is 4.79 Å². The molecule has 2 rings (SSSR count). The first-order chi connectivity index (χ1) is 6.36. The molecule has 1 aromatic heterocycles. The third-order valence-corrected chi connectivity index (χ3v) is 2.65. The van der Waals surface area contributed by atoms with E-state index >= 15 is 0 Å². The van der Waals surface area contributed by atoms with Gasteiger partial charge in [0.25, 0.3) is 5.91 Å². The van der Waals surface area contributed by atoms with E-state index in [1.807, 2.05) is 0 Å². The van der Waals surface area contributed by atoms with Gasteiger partial charge in [0, 0.05) is 18.0 Å². The average molecular weight is 197 g/mol. The maximum Gasteiger partial charge on any atom is 0.271 e. The molecule has 1 aliphatic heterocycles. The van der Waals surface area contributed by atoms with Crippen LogP contribution in [0, 0.1) is 0 Å². The van der Waals surface area contributed by atoms with Gasteiger partial charge in [0.2, 0.25) is 0 Å². The minimum absolute atomic E-state index is 0.0602. The number of carbonyl (C=O) groups is 1. The van der Waals surface area contributed by atoms with Gasteiger partial charge in [-0.2, -0.15) is 0 Å². The molecule has 1 amide bonds. The molecule has 0 bridgehead atoms. The Morgan fingerprint density at radius 1 is 1.77 bits per heavy atom. The van der Waals surface area contributed by atoms with Crippen molar-refractivity contribution in [1.29, 1.82) is 0 Å². The summed E-state index contributed by atoms with van der Waals surface area (Å²) in [5.41, 5.74) is 2.19. The van der Waals surface area contributed by atoms with Crippen LogP contribution >= 0.6 is 11.3 Å². The summed E-state index contributed by atoms with van der Waals surface area (Å²) < 4.78 is 0. The monoisotopic (exact) mass is 197 g/mol. The molecule has 4 nitrogen and oxygen atoms in total. The summed E-state index contributed by atoms with van der Waals surface area (Å²) in [4.78, 5) is 15.4. The molecule has 5 heteroatoms. The van der Waals surface area contributed by atoms with Crippen molar-refractivity contribution in [2.45, 2.75) is 12.5 Å². The van der Waals surface area contributed by atoms with Crippen LogP contribution in [0.4, 0.5) is 0 Å². The van der Waals surface area contributed by atoms with Crippen LogP contribution in [0.1, 0.15) is 16.9 Å². The van der Waals surface area contributed by atoms with Gasteiger partial charge in [0.05, 0.1) is 5.51 Å². The third kappa shape index (κ3) is 2.05. The van der Waals surface area contributed by atoms with Gasteiger partial charge in [-0.15, -0.1) is 11.3 Å². The van der Waals surface area contributed by atoms with Crippen molar-refractivity contribution in [3.05, 3.63) is 16.6 Å². The molecule has 0 aliphatic carbocycles. The minimum Gasteiger partial charge on any atom is -0.347 e. The summed E-state index contributed by atoms with van der Waals surface area (Å²) in [7, 11) is 0. The van der Waals surface area contributed by atoms with Gasteiger partial charge in [-0.25, -0.2) is 4.98 Å². The lowest BCUT2D eigenvalue weighted by Gasteiger charge is -2.08. The van der Waals surface area contributed by atoms with Gasteiger partial charge in [0.15, 0.2) is 0 Å². The van der Waals surface area contributed by atoms with Gasteiger partial charge >= 0.3 is 0 Å². The predicted octanol–water partition coefficient (Wildman–Crippen LogP) is 0.235. The van der Waals surface area contributed by atoms with E-state index in [1.165, 1.54) is 11.3 Å². The molecule has 1 aromatic rings. The maximum atomic E-state index is 11.5. The fraction of sp³-hybridized carbons (Fsp3) is 0.500. The van der Waals surface area contributed by atoms with Crippen LogP contribution in [-0.4, -0.2) is 30.0 Å². The molecule has 1 unspecified atom stereocenters. The largest absolute Gasteiger partial charge is 0.347 e. The summed E-state index contributed by atoms with van der Waals surface area (Å²) >= 11 is 1.44. The Morgan fingerprint density at radius 3 is 3.31 bits per heavy atom. The van der Waals surface area contributed by atoms with E-state index in [4.69, 9.17) is 0 Å². The van der Waals surface area contributed by atoms with Gasteiger partial charge in [-0.1, -0.05) is 0 Å². The number of hydrogen-bond donors (Lipinski definition) is 2. The zero-order valence-corrected chi connectivity index (χ0v) is 7.93. The van der Waals surface area contributed by atoms with Crippen molar-refractivity contribution in [1.82, 2.24) is 15.6 Å². The number of nitrogens with one attached hydrogen (secondary N) is 2. The minimum atomic E-state index is -0.0602. The summed E-state index contributed by atoms with van der Waals surface area (Å²) in [5, 5.41) is 7.88. The van der Waals surface area contributed by atoms with Crippen LogP contribution in [0.5, 0.6) is 0 Å². The fourth-order valence-corrected chi connectivity index (χ4v) is 1.89. The van der Waals surface area contributed by atoms with Crippen LogP contribution in [0.15, 0.2) is 10.9 Å². The Morgan fingerprint density at radius 2 is 2.69 bits per heavy atom. The summed E-state index contributed by atoms with van der Waals surface area (Å²) in [6, 6.07) is 0.272. The lowest BCUT2D eigenvalue weighted by Crippen LogP contribution is -2.36. The molecular formula is C8H11N3OS. The molecule has 70 valence electrons. The van der Waals surface area contributed by atoms with Gasteiger partial charge in [-0.05, 0) is 13.0 Å². The smallest absolute Gasteiger partial charge is 0.271 e. The number of amides is 1. The fourth-order valence-electron chi connectivity index (χ4n) is 1.36. The lowest BCUT2D eigenvalue weighted by molar-refractivity contribution is 0.0936. The predicted molar refractivity (Wildman–Crippen MR) is 50.9 cm³/mol. The zero-order chi connectivity index (χ0) is 9.10. The Hall–Kier alpha value is -0.940. The standard InChI is InChI=1S/C8H11N3OS/c12-8(7-4-13-5-10-7)11-6-1-2-9-3-6/h4-6,9H,1-3H2,(H,11,12). The van der Waals surface area contributed by atoms with E-state index < -0.39 is 0 Å². The molecular weight excluding hydrogens is 186 g/mol. The molecule has 1 atom stereocenters. The molecule has 13 heavy (non-hydrogen) atoms. The SMILES string of the molecule is O=C(NC1CCNC1)c1cscn1. The second-order valence-electron chi connectivity index (χ2n) is 3.04. The van der Waals surface area contributed by atoms with E-state index in [9.17, 15) is 4.79 Å². The molecule has 0 saturated carbocycles. The summed E-state index contributed by atoms with van der Waals surface area (Å²) in [6.07, 6.45) is 1.01. The van der Waals surface area contributed by atoms with Crippen molar-refractivity contribution in [3.8, 4) is 0 Å². The molecule has 1 fully saturated rings. The second-order valence-corrected chi connectivity index (χ2v) is 3.76. The van der Waals surface area contributed by atoms with Crippen LogP contribution in [0.2, 0.25) is 0 Å². The quantitative estimate of drug-likeness (QED) is 0.714. The third-order valence-electron chi connectivity index (χ3n) is 2.06. The first kappa shape index (κ1) is 8.65. The van der Waals surface area contributed by atoms with Crippen molar-refractivity contribution >= 4 is 17.2 Å². The summed E-state index contributed by atoms with van der Waals surface area (Å²) in [6.45, 7) is 1.86. The number of aromatic nitrogens is 1. The van der Waals surface area contributed by atoms with Crippen LogP contribution in [0.25, 0.3) is 0 Å². The molecule has 0 aromatic carbocycles. The highest BCUT2D eigenvalue weighted by Gasteiger charge is 2.17. The van der Waals surface area contributed by atoms with Crippen molar-refractivity contribution in [3.63, 3.8) is 0 Å². The molecule has 0 radical (unpaired) electrons. The highest BCUT2D eigenvalue weighted by molar-refractivity contribution is 7.07. The van der Waals surface area contributed by atoms with E-state index in [2.05, 4.69) is 15.6 Å². The highest BCUT2D eigenvalue weighted by Crippen LogP contribution is 2.03. The van der Waals surface area contributed by atoms with E-state index in [0.717, 1.165) is 19.5 Å². The Bertz CT molecular complexity index is 280. The van der Waals surface area contributed by atoms with Crippen LogP contribution in [-0.2, 0) is 0 Å². The maximum absolute atomic E-state index is 11.5. The number of rotatable bonds is 2. The van der Waals surface area contributed by atoms with E-state index in [0.29, 0.717) is 5.69 Å². The number of hydrogen-bond acceptors (Lipinski definition) is 4. The average Bonchev–Trinajstić information content (AvgIpc) is 2.74. The second kappa shape index (κ2) is 3.85. The number of nitrogens with zero attached hydrogens (tertiary/aromatic N) is 1. The zero-order valence-electron chi connectivity index (χ0n) is 7.12. The Balaban J connectivity index is 1.91. The highest BCUT2D eigenvalue weighted by atomic mass is 32.1. The van der Waals surface area contributed by atoms with Gasteiger partial charge < -0.3 is 10.6 Å². The number of carbonyl (C=O) groups excluding carboxylic acids is 1. The van der Waals surface area contributed by atoms with E-state index in [-0.39, 0.29) is 11.9 Å². The van der Waals surface area contributed by atoms with Crippen molar-refractivity contribution < 1.29 is 4.79 Å². The van der Waals surface area contributed by atoms with Crippen LogP contribution in [0.3, 0.4) is 0 Å². The molecule has 1 saturated heterocycles. The first-order valence-electron chi connectivity index (χ1n) is 4.26. The molecule has 1 aliphatic rings. The topological polar surface area (TPSA) is 54.0 Å². The lowest BCUT2D eigenvalue weighted by atomic mass is 10.2. The van der Waals surface area contributed by atoms with Crippen molar-refractivity contribution in [2.24, 2.45) is 0 Å². The first-order valence-corrected chi connectivity index (χ1v) is 5.20. The van der Waals surface area contributed by atoms with Crippen LogP contribution < -0.4 is 10.6 Å². The van der Waals surface area contributed by atoms with Gasteiger partial charge in [0.1, 0.15) is 5.69 Å².